The number of rotatable bonds is 6. The maximum absolute atomic E-state index is 12.3. The fourth-order valence-electron chi connectivity index (χ4n) is 3.12. The van der Waals surface area contributed by atoms with Crippen LogP contribution >= 0.6 is 15.9 Å². The first-order chi connectivity index (χ1) is 14.7. The summed E-state index contributed by atoms with van der Waals surface area (Å²) in [6.07, 6.45) is -0.0968. The van der Waals surface area contributed by atoms with Crippen LogP contribution in [0.4, 0.5) is 5.69 Å². The van der Waals surface area contributed by atoms with Gasteiger partial charge in [-0.05, 0) is 49.7 Å². The van der Waals surface area contributed by atoms with Gasteiger partial charge in [0.05, 0.1) is 12.5 Å². The first kappa shape index (κ1) is 22.5. The van der Waals surface area contributed by atoms with E-state index in [-0.39, 0.29) is 13.0 Å². The molecule has 1 saturated heterocycles. The van der Waals surface area contributed by atoms with Gasteiger partial charge in [0.2, 0.25) is 5.91 Å². The van der Waals surface area contributed by atoms with Gasteiger partial charge < -0.3 is 10.1 Å². The van der Waals surface area contributed by atoms with E-state index in [9.17, 15) is 19.2 Å². The van der Waals surface area contributed by atoms with E-state index in [4.69, 9.17) is 4.74 Å². The second kappa shape index (κ2) is 9.74. The van der Waals surface area contributed by atoms with Crippen LogP contribution in [0.5, 0.6) is 0 Å². The molecule has 8 nitrogen and oxygen atoms in total. The number of nitrogens with zero attached hydrogens (tertiary/aromatic N) is 1. The molecule has 0 aliphatic carbocycles. The molecule has 0 spiro atoms. The Labute approximate surface area is 188 Å². The minimum Gasteiger partial charge on any atom is -0.455 e. The number of hydrazine groups is 1. The molecule has 1 heterocycles. The molecule has 0 bridgehead atoms. The molecule has 2 aromatic rings. The molecule has 0 aromatic heterocycles. The summed E-state index contributed by atoms with van der Waals surface area (Å²) in [5.41, 5.74) is 5.39. The van der Waals surface area contributed by atoms with Gasteiger partial charge >= 0.3 is 5.97 Å². The first-order valence-corrected chi connectivity index (χ1v) is 10.4. The zero-order valence-corrected chi connectivity index (χ0v) is 18.7. The third-order valence-corrected chi connectivity index (χ3v) is 5.65. The van der Waals surface area contributed by atoms with Gasteiger partial charge in [0.25, 0.3) is 11.8 Å². The van der Waals surface area contributed by atoms with Crippen LogP contribution in [0.15, 0.2) is 46.9 Å². The van der Waals surface area contributed by atoms with E-state index in [1.165, 1.54) is 0 Å². The van der Waals surface area contributed by atoms with Gasteiger partial charge in [-0.25, -0.2) is 0 Å². The van der Waals surface area contributed by atoms with Crippen LogP contribution in [0.3, 0.4) is 0 Å². The topological polar surface area (TPSA) is 105 Å². The van der Waals surface area contributed by atoms with E-state index in [0.29, 0.717) is 11.3 Å². The van der Waals surface area contributed by atoms with E-state index in [0.717, 1.165) is 20.6 Å². The van der Waals surface area contributed by atoms with Gasteiger partial charge in [0.1, 0.15) is 0 Å². The lowest BCUT2D eigenvalue weighted by Crippen LogP contribution is -2.43. The fourth-order valence-corrected chi connectivity index (χ4v) is 3.37. The molecule has 2 aromatic carbocycles. The van der Waals surface area contributed by atoms with E-state index >= 15 is 0 Å². The Bertz CT molecular complexity index is 1040. The van der Waals surface area contributed by atoms with Crippen LogP contribution in [-0.2, 0) is 19.1 Å². The highest BCUT2D eigenvalue weighted by Gasteiger charge is 2.36. The maximum Gasteiger partial charge on any atom is 0.311 e. The van der Waals surface area contributed by atoms with Crippen molar-refractivity contribution in [3.05, 3.63) is 63.6 Å². The van der Waals surface area contributed by atoms with Crippen LogP contribution in [0.2, 0.25) is 0 Å². The van der Waals surface area contributed by atoms with E-state index < -0.39 is 36.2 Å². The SMILES string of the molecule is Cc1cccc(C(=O)NN2C[C@@H](C(=O)OCC(=O)Nc3ccc(Br)c(C)c3)CC2=O)c1. The molecule has 1 aliphatic rings. The smallest absolute Gasteiger partial charge is 0.311 e. The highest BCUT2D eigenvalue weighted by Crippen LogP contribution is 2.20. The van der Waals surface area contributed by atoms with Crippen molar-refractivity contribution in [2.45, 2.75) is 20.3 Å². The Morgan fingerprint density at radius 2 is 1.94 bits per heavy atom. The number of amides is 3. The van der Waals surface area contributed by atoms with E-state index in [1.54, 1.807) is 36.4 Å². The molecule has 31 heavy (non-hydrogen) atoms. The van der Waals surface area contributed by atoms with Gasteiger partial charge in [-0.3, -0.25) is 29.6 Å². The molecule has 1 fully saturated rings. The van der Waals surface area contributed by atoms with Crippen molar-refractivity contribution in [2.75, 3.05) is 18.5 Å². The van der Waals surface area contributed by atoms with E-state index in [2.05, 4.69) is 26.7 Å². The first-order valence-electron chi connectivity index (χ1n) is 9.63. The number of nitrogens with one attached hydrogen (secondary N) is 2. The van der Waals surface area contributed by atoms with Crippen molar-refractivity contribution in [1.82, 2.24) is 10.4 Å². The number of esters is 1. The molecule has 1 aliphatic heterocycles. The minimum absolute atomic E-state index is 0.0112. The molecule has 1 atom stereocenters. The molecule has 0 unspecified atom stereocenters. The van der Waals surface area contributed by atoms with Crippen molar-refractivity contribution in [1.29, 1.82) is 0 Å². The molecular formula is C22H22BrN3O5. The number of ether oxygens (including phenoxy) is 1. The van der Waals surface area contributed by atoms with Crippen LogP contribution in [-0.4, -0.2) is 41.9 Å². The molecule has 0 radical (unpaired) electrons. The normalized spacial score (nSPS) is 15.5. The van der Waals surface area contributed by atoms with Crippen molar-refractivity contribution >= 4 is 45.3 Å². The quantitative estimate of drug-likeness (QED) is 0.609. The molecule has 3 amide bonds. The third-order valence-electron chi connectivity index (χ3n) is 4.76. The van der Waals surface area contributed by atoms with Crippen LogP contribution in [0.25, 0.3) is 0 Å². The lowest BCUT2D eigenvalue weighted by molar-refractivity contribution is -0.151. The fraction of sp³-hybridized carbons (Fsp3) is 0.273. The van der Waals surface area contributed by atoms with Gasteiger partial charge in [0.15, 0.2) is 6.61 Å². The molecule has 0 saturated carbocycles. The predicted molar refractivity (Wildman–Crippen MR) is 117 cm³/mol. The Balaban J connectivity index is 1.48. The summed E-state index contributed by atoms with van der Waals surface area (Å²) in [5, 5.41) is 3.76. The zero-order valence-electron chi connectivity index (χ0n) is 17.1. The van der Waals surface area contributed by atoms with Gasteiger partial charge in [-0.2, -0.15) is 0 Å². The Morgan fingerprint density at radius 3 is 2.65 bits per heavy atom. The highest BCUT2D eigenvalue weighted by atomic mass is 79.9. The summed E-state index contributed by atoms with van der Waals surface area (Å²) >= 11 is 3.38. The lowest BCUT2D eigenvalue weighted by Gasteiger charge is -2.17. The zero-order chi connectivity index (χ0) is 22.5. The average Bonchev–Trinajstić information content (AvgIpc) is 3.09. The predicted octanol–water partition coefficient (Wildman–Crippen LogP) is 2.74. The number of carbonyl (C=O) groups is 4. The van der Waals surface area contributed by atoms with Crippen molar-refractivity contribution in [3.63, 3.8) is 0 Å². The largest absolute Gasteiger partial charge is 0.455 e. The van der Waals surface area contributed by atoms with Crippen LogP contribution in [0, 0.1) is 19.8 Å². The van der Waals surface area contributed by atoms with Crippen LogP contribution < -0.4 is 10.7 Å². The minimum atomic E-state index is -0.756. The lowest BCUT2D eigenvalue weighted by atomic mass is 10.1. The number of hydrogen-bond donors (Lipinski definition) is 2. The summed E-state index contributed by atoms with van der Waals surface area (Å²) in [6, 6.07) is 12.3. The maximum atomic E-state index is 12.3. The number of carbonyl (C=O) groups excluding carboxylic acids is 4. The third kappa shape index (κ3) is 5.91. The summed E-state index contributed by atoms with van der Waals surface area (Å²) in [7, 11) is 0. The Kier molecular flexibility index (Phi) is 7.06. The summed E-state index contributed by atoms with van der Waals surface area (Å²) in [5.74, 6) is -2.73. The highest BCUT2D eigenvalue weighted by molar-refractivity contribution is 9.10. The second-order valence-corrected chi connectivity index (χ2v) is 8.19. The number of anilines is 1. The second-order valence-electron chi connectivity index (χ2n) is 7.34. The summed E-state index contributed by atoms with van der Waals surface area (Å²) in [6.45, 7) is 3.27. The van der Waals surface area contributed by atoms with Crippen molar-refractivity contribution < 1.29 is 23.9 Å². The monoisotopic (exact) mass is 487 g/mol. The Hall–Kier alpha value is -3.20. The molecule has 162 valence electrons. The standard InChI is InChI=1S/C22H22BrN3O5/c1-13-4-3-5-15(8-13)21(29)25-26-11-16(10-20(26)28)22(30)31-12-19(27)24-17-6-7-18(23)14(2)9-17/h3-9,16H,10-12H2,1-2H3,(H,24,27)(H,25,29)/t16-/m0/s1. The van der Waals surface area contributed by atoms with Gasteiger partial charge in [-0.15, -0.1) is 0 Å². The Morgan fingerprint density at radius 1 is 1.16 bits per heavy atom. The number of hydrogen-bond acceptors (Lipinski definition) is 5. The summed E-state index contributed by atoms with van der Waals surface area (Å²) < 4.78 is 5.98. The molecule has 3 rings (SSSR count). The summed E-state index contributed by atoms with van der Waals surface area (Å²) in [4.78, 5) is 48.9. The van der Waals surface area contributed by atoms with Crippen LogP contribution in [0.1, 0.15) is 27.9 Å². The number of halogens is 1. The van der Waals surface area contributed by atoms with E-state index in [1.807, 2.05) is 19.9 Å². The van der Waals surface area contributed by atoms with Crippen molar-refractivity contribution in [3.8, 4) is 0 Å². The number of aryl methyl sites for hydroxylation is 2. The van der Waals surface area contributed by atoms with Crippen molar-refractivity contribution in [2.24, 2.45) is 5.92 Å². The van der Waals surface area contributed by atoms with Gasteiger partial charge in [0, 0.05) is 22.1 Å². The van der Waals surface area contributed by atoms with Gasteiger partial charge in [-0.1, -0.05) is 33.6 Å². The average molecular weight is 488 g/mol. The molecule has 2 N–H and O–H groups in total. The molecule has 9 heteroatoms. The number of benzene rings is 2. The molecular weight excluding hydrogens is 466 g/mol.